The molecule has 0 bridgehead atoms. The van der Waals surface area contributed by atoms with Gasteiger partial charge in [-0.05, 0) is 30.2 Å². The Kier molecular flexibility index (Phi) is 4.53. The number of nitrogens with zero attached hydrogens (tertiary/aromatic N) is 1. The molecule has 1 aliphatic rings. The summed E-state index contributed by atoms with van der Waals surface area (Å²) in [6.07, 6.45) is 7.16. The molecule has 1 fully saturated rings. The van der Waals surface area contributed by atoms with Crippen LogP contribution in [0, 0.1) is 5.92 Å². The van der Waals surface area contributed by atoms with Crippen molar-refractivity contribution in [1.29, 1.82) is 0 Å². The van der Waals surface area contributed by atoms with E-state index in [0.29, 0.717) is 6.04 Å². The van der Waals surface area contributed by atoms with Crippen molar-refractivity contribution in [2.45, 2.75) is 38.3 Å². The highest BCUT2D eigenvalue weighted by atomic mass is 35.5. The van der Waals surface area contributed by atoms with E-state index in [9.17, 15) is 0 Å². The number of aromatic nitrogens is 1. The first-order chi connectivity index (χ1) is 9.33. The van der Waals surface area contributed by atoms with Crippen LogP contribution in [0.5, 0.6) is 0 Å². The molecule has 2 aromatic heterocycles. The first-order valence-electron chi connectivity index (χ1n) is 6.70. The highest BCUT2D eigenvalue weighted by molar-refractivity contribution is 7.15. The van der Waals surface area contributed by atoms with E-state index in [1.54, 1.807) is 17.5 Å². The first kappa shape index (κ1) is 13.6. The van der Waals surface area contributed by atoms with Crippen LogP contribution in [0.25, 0.3) is 0 Å². The predicted octanol–water partition coefficient (Wildman–Crippen LogP) is 4.88. The molecule has 2 heterocycles. The molecule has 5 heteroatoms. The zero-order valence-electron chi connectivity index (χ0n) is 10.6. The molecular weight excluding hydrogens is 296 g/mol. The minimum Gasteiger partial charge on any atom is -0.303 e. The lowest BCUT2D eigenvalue weighted by Crippen LogP contribution is -2.26. The van der Waals surface area contributed by atoms with Crippen molar-refractivity contribution in [3.8, 4) is 0 Å². The molecule has 0 spiro atoms. The molecular formula is C14H17ClN2S2. The maximum absolute atomic E-state index is 5.93. The molecule has 2 nitrogen and oxygen atoms in total. The van der Waals surface area contributed by atoms with Crippen LogP contribution >= 0.6 is 34.3 Å². The molecule has 3 rings (SSSR count). The largest absolute Gasteiger partial charge is 0.303 e. The third-order valence-electron chi connectivity index (χ3n) is 3.72. The number of hydrogen-bond acceptors (Lipinski definition) is 4. The molecule has 1 saturated carbocycles. The Labute approximate surface area is 126 Å². The monoisotopic (exact) mass is 312 g/mol. The Morgan fingerprint density at radius 3 is 2.89 bits per heavy atom. The molecule has 1 unspecified atom stereocenters. The normalized spacial score (nSPS) is 17.9. The summed E-state index contributed by atoms with van der Waals surface area (Å²) in [7, 11) is 0. The van der Waals surface area contributed by atoms with Crippen LogP contribution in [0.1, 0.15) is 41.6 Å². The number of nitrogens with one attached hydrogen (secondary N) is 1. The van der Waals surface area contributed by atoms with Crippen molar-refractivity contribution in [2.24, 2.45) is 5.92 Å². The molecule has 102 valence electrons. The zero-order chi connectivity index (χ0) is 13.1. The molecule has 0 aromatic carbocycles. The Morgan fingerprint density at radius 2 is 2.26 bits per heavy atom. The van der Waals surface area contributed by atoms with Gasteiger partial charge >= 0.3 is 0 Å². The van der Waals surface area contributed by atoms with E-state index in [1.807, 2.05) is 11.3 Å². The molecule has 0 radical (unpaired) electrons. The summed E-state index contributed by atoms with van der Waals surface area (Å²) in [4.78, 5) is 5.78. The second-order valence-corrected chi connectivity index (χ2v) is 7.70. The van der Waals surface area contributed by atoms with E-state index in [1.165, 1.54) is 30.6 Å². The van der Waals surface area contributed by atoms with Gasteiger partial charge in [-0.2, -0.15) is 0 Å². The Hall–Kier alpha value is -0.420. The molecule has 2 aromatic rings. The van der Waals surface area contributed by atoms with Gasteiger partial charge in [-0.15, -0.1) is 22.7 Å². The Balaban J connectivity index is 1.68. The first-order valence-corrected chi connectivity index (χ1v) is 8.77. The Bertz CT molecular complexity index is 503. The van der Waals surface area contributed by atoms with E-state index in [4.69, 9.17) is 11.6 Å². The maximum Gasteiger partial charge on any atom is 0.113 e. The molecule has 1 atom stereocenters. The molecule has 0 aliphatic heterocycles. The predicted molar refractivity (Wildman–Crippen MR) is 83.0 cm³/mol. The van der Waals surface area contributed by atoms with Gasteiger partial charge in [-0.3, -0.25) is 0 Å². The van der Waals surface area contributed by atoms with Gasteiger partial charge in [0, 0.05) is 17.5 Å². The van der Waals surface area contributed by atoms with Crippen molar-refractivity contribution in [2.75, 3.05) is 0 Å². The average Bonchev–Trinajstić information content (AvgIpc) is 3.11. The van der Waals surface area contributed by atoms with Crippen LogP contribution in [0.4, 0.5) is 0 Å². The van der Waals surface area contributed by atoms with Gasteiger partial charge in [-0.25, -0.2) is 4.98 Å². The fraction of sp³-hybridized carbons (Fsp3) is 0.500. The van der Waals surface area contributed by atoms with E-state index >= 15 is 0 Å². The summed E-state index contributed by atoms with van der Waals surface area (Å²) in [5.41, 5.74) is 0. The molecule has 0 saturated heterocycles. The summed E-state index contributed by atoms with van der Waals surface area (Å²) < 4.78 is 0.769. The summed E-state index contributed by atoms with van der Waals surface area (Å²) in [5, 5.41) is 6.93. The van der Waals surface area contributed by atoms with Gasteiger partial charge in [0.25, 0.3) is 0 Å². The van der Waals surface area contributed by atoms with E-state index in [-0.39, 0.29) is 0 Å². The summed E-state index contributed by atoms with van der Waals surface area (Å²) in [6, 6.07) is 4.87. The second kappa shape index (κ2) is 6.35. The van der Waals surface area contributed by atoms with Gasteiger partial charge in [0.05, 0.1) is 6.20 Å². The lowest BCUT2D eigenvalue weighted by molar-refractivity contribution is 0.370. The lowest BCUT2D eigenvalue weighted by atomic mass is 9.97. The van der Waals surface area contributed by atoms with Crippen LogP contribution in [0.15, 0.2) is 23.7 Å². The zero-order valence-corrected chi connectivity index (χ0v) is 13.0. The summed E-state index contributed by atoms with van der Waals surface area (Å²) >= 11 is 9.35. The third-order valence-corrected chi connectivity index (χ3v) is 5.79. The number of thiophene rings is 1. The number of thiazole rings is 1. The van der Waals surface area contributed by atoms with Crippen LogP contribution in [-0.4, -0.2) is 4.98 Å². The van der Waals surface area contributed by atoms with E-state index in [0.717, 1.165) is 21.8 Å². The van der Waals surface area contributed by atoms with E-state index < -0.39 is 0 Å². The van der Waals surface area contributed by atoms with Crippen molar-refractivity contribution in [3.05, 3.63) is 37.9 Å². The summed E-state index contributed by atoms with van der Waals surface area (Å²) in [5.74, 6) is 0.772. The average molecular weight is 313 g/mol. The minimum atomic E-state index is 0.477. The standard InChI is InChI=1S/C14H17ClN2S2/c15-12-8-16-13(19-12)9-17-14(10-4-1-2-5-10)11-6-3-7-18-11/h3,6-8,10,14,17H,1-2,4-5,9H2. The van der Waals surface area contributed by atoms with Gasteiger partial charge in [0.2, 0.25) is 0 Å². The Morgan fingerprint density at radius 1 is 1.42 bits per heavy atom. The van der Waals surface area contributed by atoms with Gasteiger partial charge in [0.15, 0.2) is 0 Å². The summed E-state index contributed by atoms with van der Waals surface area (Å²) in [6.45, 7) is 0.816. The molecule has 1 aliphatic carbocycles. The quantitative estimate of drug-likeness (QED) is 0.851. The molecule has 1 N–H and O–H groups in total. The fourth-order valence-corrected chi connectivity index (χ4v) is 4.63. The van der Waals surface area contributed by atoms with Crippen molar-refractivity contribution in [1.82, 2.24) is 10.3 Å². The van der Waals surface area contributed by atoms with Gasteiger partial charge < -0.3 is 5.32 Å². The van der Waals surface area contributed by atoms with E-state index in [2.05, 4.69) is 27.8 Å². The van der Waals surface area contributed by atoms with Crippen molar-refractivity contribution < 1.29 is 0 Å². The molecule has 0 amide bonds. The van der Waals surface area contributed by atoms with Crippen LogP contribution in [0.3, 0.4) is 0 Å². The van der Waals surface area contributed by atoms with Gasteiger partial charge in [-0.1, -0.05) is 30.5 Å². The third kappa shape index (κ3) is 3.37. The number of rotatable bonds is 5. The van der Waals surface area contributed by atoms with Crippen LogP contribution in [0.2, 0.25) is 4.34 Å². The van der Waals surface area contributed by atoms with Gasteiger partial charge in [0.1, 0.15) is 9.34 Å². The lowest BCUT2D eigenvalue weighted by Gasteiger charge is -2.23. The maximum atomic E-state index is 5.93. The van der Waals surface area contributed by atoms with Crippen molar-refractivity contribution >= 4 is 34.3 Å². The number of halogens is 1. The highest BCUT2D eigenvalue weighted by Crippen LogP contribution is 2.37. The highest BCUT2D eigenvalue weighted by Gasteiger charge is 2.26. The number of hydrogen-bond donors (Lipinski definition) is 1. The molecule has 19 heavy (non-hydrogen) atoms. The minimum absolute atomic E-state index is 0.477. The smallest absolute Gasteiger partial charge is 0.113 e. The second-order valence-electron chi connectivity index (χ2n) is 4.98. The van der Waals surface area contributed by atoms with Crippen LogP contribution in [-0.2, 0) is 6.54 Å². The fourth-order valence-electron chi connectivity index (χ4n) is 2.83. The van der Waals surface area contributed by atoms with Crippen molar-refractivity contribution in [3.63, 3.8) is 0 Å². The van der Waals surface area contributed by atoms with Crippen LogP contribution < -0.4 is 5.32 Å². The SMILES string of the molecule is Clc1cnc(CNC(c2cccs2)C2CCCC2)s1. The topological polar surface area (TPSA) is 24.9 Å².